The summed E-state index contributed by atoms with van der Waals surface area (Å²) in [5.41, 5.74) is 6.94. The van der Waals surface area contributed by atoms with Gasteiger partial charge >= 0.3 is 0 Å². The minimum absolute atomic E-state index is 0.0576. The SMILES string of the molecule is Nc1cc(Oc2cccc3[nH]ccc23)ccc1O. The molecule has 3 aromatic rings. The van der Waals surface area contributed by atoms with E-state index in [1.807, 2.05) is 30.5 Å². The third-order valence-electron chi connectivity index (χ3n) is 2.78. The first-order valence-electron chi connectivity index (χ1n) is 5.56. The first kappa shape index (κ1) is 10.5. The van der Waals surface area contributed by atoms with E-state index in [2.05, 4.69) is 4.98 Å². The lowest BCUT2D eigenvalue weighted by molar-refractivity contribution is 0.469. The summed E-state index contributed by atoms with van der Waals surface area (Å²) in [7, 11) is 0. The van der Waals surface area contributed by atoms with Crippen molar-refractivity contribution in [3.8, 4) is 17.2 Å². The molecule has 0 aliphatic rings. The van der Waals surface area contributed by atoms with Crippen molar-refractivity contribution in [2.45, 2.75) is 0 Å². The zero-order valence-electron chi connectivity index (χ0n) is 9.55. The molecule has 1 aromatic heterocycles. The fourth-order valence-corrected chi connectivity index (χ4v) is 1.87. The summed E-state index contributed by atoms with van der Waals surface area (Å²) in [6.07, 6.45) is 1.86. The molecule has 0 saturated heterocycles. The highest BCUT2D eigenvalue weighted by Crippen LogP contribution is 2.32. The van der Waals surface area contributed by atoms with Crippen LogP contribution in [0.25, 0.3) is 10.9 Å². The van der Waals surface area contributed by atoms with Gasteiger partial charge in [-0.25, -0.2) is 0 Å². The Balaban J connectivity index is 2.01. The third-order valence-corrected chi connectivity index (χ3v) is 2.78. The lowest BCUT2D eigenvalue weighted by Gasteiger charge is -2.08. The van der Waals surface area contributed by atoms with E-state index in [1.54, 1.807) is 12.1 Å². The molecular formula is C14H12N2O2. The molecule has 2 aromatic carbocycles. The van der Waals surface area contributed by atoms with Gasteiger partial charge in [-0.2, -0.15) is 0 Å². The Morgan fingerprint density at radius 3 is 2.83 bits per heavy atom. The molecule has 4 nitrogen and oxygen atoms in total. The van der Waals surface area contributed by atoms with E-state index in [0.717, 1.165) is 16.7 Å². The summed E-state index contributed by atoms with van der Waals surface area (Å²) < 4.78 is 5.77. The van der Waals surface area contributed by atoms with Crippen LogP contribution in [0.2, 0.25) is 0 Å². The molecular weight excluding hydrogens is 228 g/mol. The Kier molecular flexibility index (Phi) is 2.34. The van der Waals surface area contributed by atoms with E-state index in [9.17, 15) is 5.11 Å². The van der Waals surface area contributed by atoms with Gasteiger partial charge in [0, 0.05) is 23.2 Å². The fraction of sp³-hybridized carbons (Fsp3) is 0. The molecule has 90 valence electrons. The average molecular weight is 240 g/mol. The number of phenolic OH excluding ortho intramolecular Hbond substituents is 1. The number of nitrogen functional groups attached to an aromatic ring is 1. The van der Waals surface area contributed by atoms with Crippen LogP contribution in [0, 0.1) is 0 Å². The second kappa shape index (κ2) is 4.00. The molecule has 0 atom stereocenters. The fourth-order valence-electron chi connectivity index (χ4n) is 1.87. The number of nitrogens with two attached hydrogens (primary N) is 1. The topological polar surface area (TPSA) is 71.3 Å². The van der Waals surface area contributed by atoms with Crippen molar-refractivity contribution in [2.24, 2.45) is 0 Å². The van der Waals surface area contributed by atoms with E-state index >= 15 is 0 Å². The lowest BCUT2D eigenvalue weighted by atomic mass is 10.2. The Labute approximate surface area is 104 Å². The Morgan fingerprint density at radius 2 is 2.00 bits per heavy atom. The number of fused-ring (bicyclic) bond motifs is 1. The van der Waals surface area contributed by atoms with Crippen molar-refractivity contribution in [2.75, 3.05) is 5.73 Å². The number of aromatic amines is 1. The quantitative estimate of drug-likeness (QED) is 0.475. The van der Waals surface area contributed by atoms with Gasteiger partial charge in [0.25, 0.3) is 0 Å². The molecule has 4 N–H and O–H groups in total. The maximum absolute atomic E-state index is 9.36. The van der Waals surface area contributed by atoms with Gasteiger partial charge in [-0.3, -0.25) is 0 Å². The highest BCUT2D eigenvalue weighted by atomic mass is 16.5. The van der Waals surface area contributed by atoms with Gasteiger partial charge in [-0.15, -0.1) is 0 Å². The number of aromatic nitrogens is 1. The zero-order valence-corrected chi connectivity index (χ0v) is 9.55. The maximum atomic E-state index is 9.36. The Bertz CT molecular complexity index is 704. The van der Waals surface area contributed by atoms with Gasteiger partial charge in [0.1, 0.15) is 17.2 Å². The van der Waals surface area contributed by atoms with Crippen LogP contribution in [-0.4, -0.2) is 10.1 Å². The highest BCUT2D eigenvalue weighted by molar-refractivity contribution is 5.86. The zero-order chi connectivity index (χ0) is 12.5. The molecule has 0 amide bonds. The van der Waals surface area contributed by atoms with Gasteiger partial charge < -0.3 is 20.6 Å². The van der Waals surface area contributed by atoms with Crippen molar-refractivity contribution >= 4 is 16.6 Å². The van der Waals surface area contributed by atoms with E-state index in [4.69, 9.17) is 10.5 Å². The second-order valence-electron chi connectivity index (χ2n) is 4.02. The Morgan fingerprint density at radius 1 is 1.11 bits per heavy atom. The molecule has 0 aliphatic carbocycles. The van der Waals surface area contributed by atoms with Gasteiger partial charge in [0.2, 0.25) is 0 Å². The van der Waals surface area contributed by atoms with Gasteiger partial charge in [0.05, 0.1) is 5.69 Å². The molecule has 0 radical (unpaired) electrons. The predicted molar refractivity (Wildman–Crippen MR) is 70.9 cm³/mol. The second-order valence-corrected chi connectivity index (χ2v) is 4.02. The van der Waals surface area contributed by atoms with Crippen LogP contribution in [0.5, 0.6) is 17.2 Å². The van der Waals surface area contributed by atoms with Crippen LogP contribution in [0.4, 0.5) is 5.69 Å². The van der Waals surface area contributed by atoms with Gasteiger partial charge in [-0.05, 0) is 30.3 Å². The van der Waals surface area contributed by atoms with Crippen molar-refractivity contribution in [3.05, 3.63) is 48.7 Å². The van der Waals surface area contributed by atoms with Crippen molar-refractivity contribution < 1.29 is 9.84 Å². The first-order chi connectivity index (χ1) is 8.74. The molecule has 0 unspecified atom stereocenters. The standard InChI is InChI=1S/C14H12N2O2/c15-11-8-9(4-5-13(11)17)18-14-3-1-2-12-10(14)6-7-16-12/h1-8,16-17H,15H2. The summed E-state index contributed by atoms with van der Waals surface area (Å²) in [6, 6.07) is 12.5. The largest absolute Gasteiger partial charge is 0.506 e. The number of ether oxygens (including phenoxy) is 1. The maximum Gasteiger partial charge on any atom is 0.138 e. The molecule has 1 heterocycles. The molecule has 3 rings (SSSR count). The average Bonchev–Trinajstić information content (AvgIpc) is 2.83. The number of phenols is 1. The molecule has 18 heavy (non-hydrogen) atoms. The number of anilines is 1. The van der Waals surface area contributed by atoms with Crippen LogP contribution < -0.4 is 10.5 Å². The van der Waals surface area contributed by atoms with E-state index in [1.165, 1.54) is 6.07 Å². The number of hydrogen-bond acceptors (Lipinski definition) is 3. The van der Waals surface area contributed by atoms with Crippen molar-refractivity contribution in [1.82, 2.24) is 4.98 Å². The Hall–Kier alpha value is -2.62. The molecule has 0 saturated carbocycles. The predicted octanol–water partition coefficient (Wildman–Crippen LogP) is 3.25. The minimum atomic E-state index is 0.0576. The van der Waals surface area contributed by atoms with E-state index in [-0.39, 0.29) is 5.75 Å². The van der Waals surface area contributed by atoms with Crippen molar-refractivity contribution in [1.29, 1.82) is 0 Å². The summed E-state index contributed by atoms with van der Waals surface area (Å²) in [5.74, 6) is 1.40. The lowest BCUT2D eigenvalue weighted by Crippen LogP contribution is -1.89. The molecule has 0 fully saturated rings. The summed E-state index contributed by atoms with van der Waals surface area (Å²) in [5, 5.41) is 10.4. The van der Waals surface area contributed by atoms with Crippen LogP contribution in [0.1, 0.15) is 0 Å². The van der Waals surface area contributed by atoms with Crippen LogP contribution in [0.3, 0.4) is 0 Å². The molecule has 4 heteroatoms. The molecule has 0 bridgehead atoms. The van der Waals surface area contributed by atoms with Crippen LogP contribution in [-0.2, 0) is 0 Å². The normalized spacial score (nSPS) is 10.7. The molecule has 0 spiro atoms. The van der Waals surface area contributed by atoms with Crippen LogP contribution >= 0.6 is 0 Å². The number of nitrogens with one attached hydrogen (secondary N) is 1. The van der Waals surface area contributed by atoms with E-state index < -0.39 is 0 Å². The van der Waals surface area contributed by atoms with Gasteiger partial charge in [-0.1, -0.05) is 6.07 Å². The highest BCUT2D eigenvalue weighted by Gasteiger charge is 2.05. The van der Waals surface area contributed by atoms with E-state index in [0.29, 0.717) is 11.4 Å². The smallest absolute Gasteiger partial charge is 0.138 e. The minimum Gasteiger partial charge on any atom is -0.506 e. The van der Waals surface area contributed by atoms with Crippen LogP contribution in [0.15, 0.2) is 48.7 Å². The monoisotopic (exact) mass is 240 g/mol. The molecule has 0 aliphatic heterocycles. The summed E-state index contributed by atoms with van der Waals surface area (Å²) in [4.78, 5) is 3.12. The number of hydrogen-bond donors (Lipinski definition) is 3. The summed E-state index contributed by atoms with van der Waals surface area (Å²) >= 11 is 0. The number of aromatic hydroxyl groups is 1. The number of rotatable bonds is 2. The van der Waals surface area contributed by atoms with Gasteiger partial charge in [0.15, 0.2) is 0 Å². The summed E-state index contributed by atoms with van der Waals surface area (Å²) in [6.45, 7) is 0. The third kappa shape index (κ3) is 1.73. The number of H-pyrrole nitrogens is 1. The van der Waals surface area contributed by atoms with Crippen molar-refractivity contribution in [3.63, 3.8) is 0 Å². The first-order valence-corrected chi connectivity index (χ1v) is 5.56. The number of benzene rings is 2.